The van der Waals surface area contributed by atoms with Gasteiger partial charge in [0.15, 0.2) is 0 Å². The van der Waals surface area contributed by atoms with Crippen LogP contribution in [0.3, 0.4) is 0 Å². The Bertz CT molecular complexity index is 563. The van der Waals surface area contributed by atoms with Gasteiger partial charge in [0.25, 0.3) is 0 Å². The van der Waals surface area contributed by atoms with Crippen molar-refractivity contribution in [3.05, 3.63) is 30.0 Å². The van der Waals surface area contributed by atoms with E-state index in [-0.39, 0.29) is 5.56 Å². The summed E-state index contributed by atoms with van der Waals surface area (Å²) in [5, 5.41) is 16.5. The number of aromatic nitrogens is 3. The molecule has 0 saturated carbocycles. The van der Waals surface area contributed by atoms with Crippen molar-refractivity contribution in [1.29, 1.82) is 0 Å². The maximum atomic E-state index is 10.9. The summed E-state index contributed by atoms with van der Waals surface area (Å²) >= 11 is 0. The van der Waals surface area contributed by atoms with E-state index in [1.807, 2.05) is 0 Å². The molecule has 88 valence electrons. The summed E-state index contributed by atoms with van der Waals surface area (Å²) in [6.45, 7) is 0. The normalized spacial score (nSPS) is 10.2. The summed E-state index contributed by atoms with van der Waals surface area (Å²) in [7, 11) is 3.26. The number of benzene rings is 1. The van der Waals surface area contributed by atoms with Crippen LogP contribution in [-0.4, -0.2) is 33.2 Å². The van der Waals surface area contributed by atoms with E-state index < -0.39 is 5.97 Å². The van der Waals surface area contributed by atoms with Crippen molar-refractivity contribution in [2.24, 2.45) is 7.05 Å². The molecule has 0 amide bonds. The van der Waals surface area contributed by atoms with Crippen molar-refractivity contribution >= 4 is 5.97 Å². The van der Waals surface area contributed by atoms with Gasteiger partial charge in [0.05, 0.1) is 24.6 Å². The smallest absolute Gasteiger partial charge is 0.335 e. The number of methoxy groups -OCH3 is 1. The Hall–Kier alpha value is -2.37. The summed E-state index contributed by atoms with van der Waals surface area (Å²) in [4.78, 5) is 10.9. The van der Waals surface area contributed by atoms with Crippen LogP contribution in [0.2, 0.25) is 0 Å². The molecule has 0 bridgehead atoms. The van der Waals surface area contributed by atoms with Crippen molar-refractivity contribution in [2.75, 3.05) is 7.11 Å². The Kier molecular flexibility index (Phi) is 2.78. The fourth-order valence-corrected chi connectivity index (χ4v) is 1.57. The lowest BCUT2D eigenvalue weighted by Crippen LogP contribution is -2.00. The van der Waals surface area contributed by atoms with Crippen LogP contribution in [0.4, 0.5) is 0 Å². The number of hydrogen-bond donors (Lipinski definition) is 1. The van der Waals surface area contributed by atoms with Crippen LogP contribution < -0.4 is 4.74 Å². The van der Waals surface area contributed by atoms with Crippen molar-refractivity contribution in [2.45, 2.75) is 0 Å². The molecule has 0 aliphatic carbocycles. The lowest BCUT2D eigenvalue weighted by molar-refractivity contribution is 0.0697. The molecule has 0 aliphatic rings. The summed E-state index contributed by atoms with van der Waals surface area (Å²) < 4.78 is 6.76. The van der Waals surface area contributed by atoms with E-state index >= 15 is 0 Å². The largest absolute Gasteiger partial charge is 0.496 e. The van der Waals surface area contributed by atoms with E-state index in [9.17, 15) is 4.79 Å². The Morgan fingerprint density at radius 2 is 2.24 bits per heavy atom. The molecule has 0 unspecified atom stereocenters. The summed E-state index contributed by atoms with van der Waals surface area (Å²) in [5.41, 5.74) is 1.55. The number of carboxylic acid groups (broad SMARTS) is 1. The molecule has 2 rings (SSSR count). The second kappa shape index (κ2) is 4.25. The lowest BCUT2D eigenvalue weighted by Gasteiger charge is -2.08. The lowest BCUT2D eigenvalue weighted by atomic mass is 10.1. The maximum Gasteiger partial charge on any atom is 0.335 e. The molecule has 0 spiro atoms. The molecule has 2 aromatic rings. The van der Waals surface area contributed by atoms with Gasteiger partial charge in [-0.3, -0.25) is 0 Å². The molecule has 1 aromatic heterocycles. The molecule has 6 heteroatoms. The number of carbonyl (C=O) groups is 1. The number of ether oxygens (including phenoxy) is 1. The number of aryl methyl sites for hydroxylation is 1. The molecular weight excluding hydrogens is 222 g/mol. The van der Waals surface area contributed by atoms with Gasteiger partial charge < -0.3 is 9.84 Å². The minimum Gasteiger partial charge on any atom is -0.496 e. The van der Waals surface area contributed by atoms with Gasteiger partial charge in [-0.05, 0) is 18.2 Å². The first-order valence-electron chi connectivity index (χ1n) is 4.90. The molecule has 0 radical (unpaired) electrons. The summed E-state index contributed by atoms with van der Waals surface area (Å²) in [6.07, 6.45) is 1.56. The minimum atomic E-state index is -0.982. The molecule has 0 saturated heterocycles. The Morgan fingerprint density at radius 3 is 2.76 bits per heavy atom. The maximum absolute atomic E-state index is 10.9. The molecule has 6 nitrogen and oxygen atoms in total. The van der Waals surface area contributed by atoms with Gasteiger partial charge in [0.1, 0.15) is 5.75 Å². The van der Waals surface area contributed by atoms with E-state index in [4.69, 9.17) is 9.84 Å². The second-order valence-electron chi connectivity index (χ2n) is 3.46. The average molecular weight is 233 g/mol. The molecule has 1 aromatic carbocycles. The van der Waals surface area contributed by atoms with Crippen molar-refractivity contribution in [3.8, 4) is 17.0 Å². The molecule has 0 aliphatic heterocycles. The number of carboxylic acids is 1. The van der Waals surface area contributed by atoms with Crippen LogP contribution in [0, 0.1) is 0 Å². The van der Waals surface area contributed by atoms with E-state index in [1.54, 1.807) is 30.1 Å². The second-order valence-corrected chi connectivity index (χ2v) is 3.46. The van der Waals surface area contributed by atoms with Crippen LogP contribution in [0.25, 0.3) is 11.3 Å². The van der Waals surface area contributed by atoms with Gasteiger partial charge >= 0.3 is 5.97 Å². The van der Waals surface area contributed by atoms with E-state index in [0.717, 1.165) is 0 Å². The highest BCUT2D eigenvalue weighted by Gasteiger charge is 2.13. The number of rotatable bonds is 3. The molecule has 1 heterocycles. The van der Waals surface area contributed by atoms with Crippen LogP contribution in [0.15, 0.2) is 24.4 Å². The Balaban J connectivity index is 2.61. The third kappa shape index (κ3) is 1.96. The fraction of sp³-hybridized carbons (Fsp3) is 0.182. The molecule has 17 heavy (non-hydrogen) atoms. The van der Waals surface area contributed by atoms with Crippen molar-refractivity contribution in [3.63, 3.8) is 0 Å². The van der Waals surface area contributed by atoms with Gasteiger partial charge in [-0.2, -0.15) is 0 Å². The SMILES string of the molecule is COc1ccc(C(=O)O)cc1-c1cnnn1C. The summed E-state index contributed by atoms with van der Waals surface area (Å²) in [6, 6.07) is 4.65. The van der Waals surface area contributed by atoms with Crippen LogP contribution in [0.5, 0.6) is 5.75 Å². The number of aromatic carboxylic acids is 1. The zero-order chi connectivity index (χ0) is 12.4. The van der Waals surface area contributed by atoms with Gasteiger partial charge in [0.2, 0.25) is 0 Å². The predicted molar refractivity (Wildman–Crippen MR) is 60.0 cm³/mol. The molecule has 1 N–H and O–H groups in total. The van der Waals surface area contributed by atoms with Gasteiger partial charge in [0, 0.05) is 12.6 Å². The van der Waals surface area contributed by atoms with Gasteiger partial charge in [-0.15, -0.1) is 5.10 Å². The number of nitrogens with zero attached hydrogens (tertiary/aromatic N) is 3. The third-order valence-electron chi connectivity index (χ3n) is 2.44. The van der Waals surface area contributed by atoms with E-state index in [1.165, 1.54) is 13.2 Å². The molecule has 0 atom stereocenters. The molecular formula is C11H11N3O3. The van der Waals surface area contributed by atoms with E-state index in [2.05, 4.69) is 10.3 Å². The van der Waals surface area contributed by atoms with Crippen LogP contribution in [0.1, 0.15) is 10.4 Å². The van der Waals surface area contributed by atoms with E-state index in [0.29, 0.717) is 17.0 Å². The Labute approximate surface area is 97.4 Å². The van der Waals surface area contributed by atoms with Crippen molar-refractivity contribution < 1.29 is 14.6 Å². The first kappa shape index (κ1) is 11.1. The Morgan fingerprint density at radius 1 is 1.47 bits per heavy atom. The van der Waals surface area contributed by atoms with Crippen molar-refractivity contribution in [1.82, 2.24) is 15.0 Å². The zero-order valence-electron chi connectivity index (χ0n) is 9.41. The minimum absolute atomic E-state index is 0.196. The zero-order valence-corrected chi connectivity index (χ0v) is 9.41. The van der Waals surface area contributed by atoms with Crippen LogP contribution >= 0.6 is 0 Å². The highest BCUT2D eigenvalue weighted by atomic mass is 16.5. The third-order valence-corrected chi connectivity index (χ3v) is 2.44. The monoisotopic (exact) mass is 233 g/mol. The van der Waals surface area contributed by atoms with Crippen LogP contribution in [-0.2, 0) is 7.05 Å². The first-order chi connectivity index (χ1) is 8.13. The highest BCUT2D eigenvalue weighted by molar-refractivity contribution is 5.90. The number of hydrogen-bond acceptors (Lipinski definition) is 4. The standard InChI is InChI=1S/C11H11N3O3/c1-14-9(6-12-13-14)8-5-7(11(15)16)3-4-10(8)17-2/h3-6H,1-2H3,(H,15,16). The van der Waals surface area contributed by atoms with Gasteiger partial charge in [-0.1, -0.05) is 5.21 Å². The predicted octanol–water partition coefficient (Wildman–Crippen LogP) is 1.19. The highest BCUT2D eigenvalue weighted by Crippen LogP contribution is 2.29. The van der Waals surface area contributed by atoms with Gasteiger partial charge in [-0.25, -0.2) is 9.48 Å². The molecule has 0 fully saturated rings. The summed E-state index contributed by atoms with van der Waals surface area (Å²) in [5.74, 6) is -0.399. The first-order valence-corrected chi connectivity index (χ1v) is 4.90. The quantitative estimate of drug-likeness (QED) is 0.861. The average Bonchev–Trinajstić information content (AvgIpc) is 2.74. The topological polar surface area (TPSA) is 77.2 Å². The fourth-order valence-electron chi connectivity index (χ4n) is 1.57.